The molecule has 0 radical (unpaired) electrons. The minimum absolute atomic E-state index is 0.0824. The molecule has 0 spiro atoms. The van der Waals surface area contributed by atoms with Gasteiger partial charge in [0.25, 0.3) is 0 Å². The van der Waals surface area contributed by atoms with Crippen molar-refractivity contribution in [3.63, 3.8) is 0 Å². The SMILES string of the molecule is C#Cc1ccccc1C(C(=O)NC(C)CCC)N(C(=O)C(CC(C)C)NC(=O)OC(C)(C)C)C(C)(C)CC. The van der Waals surface area contributed by atoms with Crippen molar-refractivity contribution in [3.8, 4) is 12.3 Å². The molecule has 1 rings (SSSR count). The van der Waals surface area contributed by atoms with Crippen LogP contribution in [0.2, 0.25) is 0 Å². The first-order valence-corrected chi connectivity index (χ1v) is 13.8. The smallest absolute Gasteiger partial charge is 0.408 e. The van der Waals surface area contributed by atoms with E-state index in [2.05, 4.69) is 23.5 Å². The molecular formula is C31H49N3O4. The molecule has 0 saturated heterocycles. The number of amides is 3. The van der Waals surface area contributed by atoms with Crippen molar-refractivity contribution in [1.29, 1.82) is 0 Å². The lowest BCUT2D eigenvalue weighted by Crippen LogP contribution is -2.60. The van der Waals surface area contributed by atoms with E-state index in [-0.39, 0.29) is 23.8 Å². The summed E-state index contributed by atoms with van der Waals surface area (Å²) in [4.78, 5) is 42.8. The Kier molecular flexibility index (Phi) is 12.4. The van der Waals surface area contributed by atoms with Crippen molar-refractivity contribution in [2.45, 2.75) is 124 Å². The van der Waals surface area contributed by atoms with Gasteiger partial charge in [0.05, 0.1) is 0 Å². The standard InChI is InChI=1S/C31H49N3O4/c1-12-17-22(6)32-27(35)26(24-19-16-15-18-23(24)13-2)34(31(10,11)14-3)28(36)25(20-21(4)5)33-29(37)38-30(7,8)9/h2,15-16,18-19,21-22,25-26H,12,14,17,20H2,1,3-11H3,(H,32,35)(H,33,37). The van der Waals surface area contributed by atoms with Gasteiger partial charge in [0.15, 0.2) is 0 Å². The van der Waals surface area contributed by atoms with Gasteiger partial charge >= 0.3 is 6.09 Å². The van der Waals surface area contributed by atoms with Crippen LogP contribution in [0.25, 0.3) is 0 Å². The van der Waals surface area contributed by atoms with Crippen LogP contribution in [0.4, 0.5) is 4.79 Å². The normalized spacial score (nSPS) is 14.2. The van der Waals surface area contributed by atoms with Crippen molar-refractivity contribution in [2.75, 3.05) is 0 Å². The van der Waals surface area contributed by atoms with Gasteiger partial charge in [0.2, 0.25) is 11.8 Å². The van der Waals surface area contributed by atoms with Crippen LogP contribution in [-0.2, 0) is 14.3 Å². The topological polar surface area (TPSA) is 87.7 Å². The van der Waals surface area contributed by atoms with Gasteiger partial charge < -0.3 is 20.3 Å². The first kappa shape index (κ1) is 33.0. The van der Waals surface area contributed by atoms with E-state index in [1.165, 1.54) is 0 Å². The molecule has 212 valence electrons. The third-order valence-corrected chi connectivity index (χ3v) is 6.48. The van der Waals surface area contributed by atoms with Gasteiger partial charge in [-0.2, -0.15) is 0 Å². The summed E-state index contributed by atoms with van der Waals surface area (Å²) in [5.74, 6) is 2.13. The van der Waals surface area contributed by atoms with Crippen LogP contribution >= 0.6 is 0 Å². The summed E-state index contributed by atoms with van der Waals surface area (Å²) in [7, 11) is 0. The molecule has 0 fully saturated rings. The summed E-state index contributed by atoms with van der Waals surface area (Å²) in [6.45, 7) is 19.1. The van der Waals surface area contributed by atoms with Gasteiger partial charge in [-0.05, 0) is 78.4 Å². The number of alkyl carbamates (subject to hydrolysis) is 1. The molecule has 0 bridgehead atoms. The van der Waals surface area contributed by atoms with E-state index in [1.54, 1.807) is 37.8 Å². The second kappa shape index (κ2) is 14.2. The largest absolute Gasteiger partial charge is 0.444 e. The van der Waals surface area contributed by atoms with Crippen LogP contribution in [0.3, 0.4) is 0 Å². The Morgan fingerprint density at radius 1 is 1.03 bits per heavy atom. The summed E-state index contributed by atoms with van der Waals surface area (Å²) < 4.78 is 5.47. The van der Waals surface area contributed by atoms with E-state index >= 15 is 0 Å². The zero-order valence-electron chi connectivity index (χ0n) is 25.1. The van der Waals surface area contributed by atoms with Crippen LogP contribution in [-0.4, -0.2) is 46.0 Å². The molecule has 38 heavy (non-hydrogen) atoms. The molecule has 0 aromatic heterocycles. The molecule has 7 heteroatoms. The average molecular weight is 528 g/mol. The van der Waals surface area contributed by atoms with E-state index < -0.39 is 29.3 Å². The van der Waals surface area contributed by atoms with E-state index in [4.69, 9.17) is 11.2 Å². The predicted octanol–water partition coefficient (Wildman–Crippen LogP) is 5.97. The number of terminal acetylenes is 1. The Morgan fingerprint density at radius 3 is 2.13 bits per heavy atom. The first-order valence-electron chi connectivity index (χ1n) is 13.8. The fourth-order valence-corrected chi connectivity index (χ4v) is 4.35. The number of rotatable bonds is 12. The molecule has 0 saturated carbocycles. The highest BCUT2D eigenvalue weighted by molar-refractivity contribution is 5.93. The Bertz CT molecular complexity index is 988. The number of hydrogen-bond donors (Lipinski definition) is 2. The minimum Gasteiger partial charge on any atom is -0.444 e. The van der Waals surface area contributed by atoms with Crippen molar-refractivity contribution in [3.05, 3.63) is 35.4 Å². The molecule has 7 nitrogen and oxygen atoms in total. The number of carbonyl (C=O) groups excluding carboxylic acids is 3. The van der Waals surface area contributed by atoms with Crippen LogP contribution in [0.5, 0.6) is 0 Å². The maximum absolute atomic E-state index is 14.4. The van der Waals surface area contributed by atoms with E-state index in [0.29, 0.717) is 24.0 Å². The van der Waals surface area contributed by atoms with Gasteiger partial charge in [-0.1, -0.05) is 58.2 Å². The van der Waals surface area contributed by atoms with E-state index in [1.807, 2.05) is 53.7 Å². The monoisotopic (exact) mass is 527 g/mol. The quantitative estimate of drug-likeness (QED) is 0.328. The molecule has 1 aromatic carbocycles. The van der Waals surface area contributed by atoms with Crippen LogP contribution in [0, 0.1) is 18.3 Å². The van der Waals surface area contributed by atoms with E-state index in [9.17, 15) is 14.4 Å². The Labute approximate surface area is 230 Å². The van der Waals surface area contributed by atoms with Crippen molar-refractivity contribution >= 4 is 17.9 Å². The Balaban J connectivity index is 3.74. The summed E-state index contributed by atoms with van der Waals surface area (Å²) in [5, 5.41) is 5.89. The van der Waals surface area contributed by atoms with Crippen LogP contribution in [0.1, 0.15) is 112 Å². The summed E-state index contributed by atoms with van der Waals surface area (Å²) in [6, 6.07) is 5.25. The predicted molar refractivity (Wildman–Crippen MR) is 153 cm³/mol. The van der Waals surface area contributed by atoms with E-state index in [0.717, 1.165) is 12.8 Å². The molecule has 0 aliphatic carbocycles. The van der Waals surface area contributed by atoms with Gasteiger partial charge in [-0.15, -0.1) is 6.42 Å². The molecular weight excluding hydrogens is 478 g/mol. The lowest BCUT2D eigenvalue weighted by Gasteiger charge is -2.45. The molecule has 3 amide bonds. The number of nitrogens with one attached hydrogen (secondary N) is 2. The molecule has 1 aromatic rings. The van der Waals surface area contributed by atoms with Gasteiger partial charge in [0.1, 0.15) is 17.7 Å². The molecule has 0 aliphatic rings. The van der Waals surface area contributed by atoms with Crippen LogP contribution in [0.15, 0.2) is 24.3 Å². The molecule has 2 N–H and O–H groups in total. The summed E-state index contributed by atoms with van der Waals surface area (Å²) in [5.41, 5.74) is -0.339. The lowest BCUT2D eigenvalue weighted by atomic mass is 9.89. The van der Waals surface area contributed by atoms with Gasteiger partial charge in [-0.3, -0.25) is 9.59 Å². The lowest BCUT2D eigenvalue weighted by molar-refractivity contribution is -0.150. The van der Waals surface area contributed by atoms with Gasteiger partial charge in [-0.25, -0.2) is 4.79 Å². The van der Waals surface area contributed by atoms with Crippen molar-refractivity contribution in [2.24, 2.45) is 5.92 Å². The first-order chi connectivity index (χ1) is 17.6. The third-order valence-electron chi connectivity index (χ3n) is 6.48. The number of nitrogens with zero attached hydrogens (tertiary/aromatic N) is 1. The second-order valence-corrected chi connectivity index (χ2v) is 12.0. The fraction of sp³-hybridized carbons (Fsp3) is 0.645. The molecule has 0 heterocycles. The number of carbonyl (C=O) groups is 3. The zero-order valence-corrected chi connectivity index (χ0v) is 25.1. The maximum atomic E-state index is 14.4. The average Bonchev–Trinajstić information content (AvgIpc) is 2.80. The number of ether oxygens (including phenoxy) is 1. The zero-order chi connectivity index (χ0) is 29.3. The maximum Gasteiger partial charge on any atom is 0.408 e. The van der Waals surface area contributed by atoms with Crippen LogP contribution < -0.4 is 10.6 Å². The molecule has 3 atom stereocenters. The number of hydrogen-bond acceptors (Lipinski definition) is 4. The Hall–Kier alpha value is -3.01. The highest BCUT2D eigenvalue weighted by Gasteiger charge is 2.44. The molecule has 3 unspecified atom stereocenters. The van der Waals surface area contributed by atoms with Crippen molar-refractivity contribution in [1.82, 2.24) is 15.5 Å². The summed E-state index contributed by atoms with van der Waals surface area (Å²) in [6.07, 6.45) is 7.84. The highest BCUT2D eigenvalue weighted by Crippen LogP contribution is 2.34. The third kappa shape index (κ3) is 9.70. The summed E-state index contributed by atoms with van der Waals surface area (Å²) >= 11 is 0. The number of benzene rings is 1. The Morgan fingerprint density at radius 2 is 1.63 bits per heavy atom. The molecule has 0 aliphatic heterocycles. The van der Waals surface area contributed by atoms with Crippen molar-refractivity contribution < 1.29 is 19.1 Å². The minimum atomic E-state index is -0.987. The second-order valence-electron chi connectivity index (χ2n) is 12.0. The fourth-order valence-electron chi connectivity index (χ4n) is 4.35. The van der Waals surface area contributed by atoms with Gasteiger partial charge in [0, 0.05) is 17.1 Å². The highest BCUT2D eigenvalue weighted by atomic mass is 16.6.